The monoisotopic (exact) mass is 245 g/mol. The van der Waals surface area contributed by atoms with Gasteiger partial charge in [0.25, 0.3) is 0 Å². The van der Waals surface area contributed by atoms with Gasteiger partial charge in [-0.1, -0.05) is 23.2 Å². The van der Waals surface area contributed by atoms with Crippen molar-refractivity contribution in [2.24, 2.45) is 0 Å². The fourth-order valence-corrected chi connectivity index (χ4v) is 2.59. The highest BCUT2D eigenvalue weighted by atomic mass is 35.5. The molecule has 2 nitrogen and oxygen atoms in total. The van der Waals surface area contributed by atoms with Crippen LogP contribution < -0.4 is 10.1 Å². The average molecular weight is 246 g/mol. The molecule has 0 amide bonds. The zero-order valence-corrected chi connectivity index (χ0v) is 10.0. The summed E-state index contributed by atoms with van der Waals surface area (Å²) in [6.45, 7) is 1.04. The highest BCUT2D eigenvalue weighted by molar-refractivity contribution is 6.35. The predicted molar refractivity (Wildman–Crippen MR) is 63.0 cm³/mol. The summed E-state index contributed by atoms with van der Waals surface area (Å²) in [6.07, 6.45) is 2.28. The van der Waals surface area contributed by atoms with Crippen molar-refractivity contribution in [3.63, 3.8) is 0 Å². The standard InChI is InChI=1S/C11H13Cl2NO/c1-15-11-8(10-3-2-4-14-10)5-7(12)6-9(11)13/h5-6,10,14H,2-4H2,1H3. The van der Waals surface area contributed by atoms with Gasteiger partial charge in [0.2, 0.25) is 0 Å². The first-order valence-corrected chi connectivity index (χ1v) is 5.74. The lowest BCUT2D eigenvalue weighted by Gasteiger charge is -2.16. The van der Waals surface area contributed by atoms with Crippen LogP contribution in [0.2, 0.25) is 10.0 Å². The summed E-state index contributed by atoms with van der Waals surface area (Å²) in [5, 5.41) is 4.64. The van der Waals surface area contributed by atoms with Crippen LogP contribution in [-0.2, 0) is 0 Å². The van der Waals surface area contributed by atoms with Gasteiger partial charge in [-0.15, -0.1) is 0 Å². The number of hydrogen-bond acceptors (Lipinski definition) is 2. The third kappa shape index (κ3) is 2.22. The summed E-state index contributed by atoms with van der Waals surface area (Å²) in [6, 6.07) is 3.95. The molecule has 1 aliphatic rings. The van der Waals surface area contributed by atoms with E-state index < -0.39 is 0 Å². The van der Waals surface area contributed by atoms with Crippen LogP contribution in [0.4, 0.5) is 0 Å². The van der Waals surface area contributed by atoms with Crippen LogP contribution in [-0.4, -0.2) is 13.7 Å². The molecule has 1 atom stereocenters. The van der Waals surface area contributed by atoms with E-state index >= 15 is 0 Å². The molecule has 15 heavy (non-hydrogen) atoms. The molecular formula is C11H13Cl2NO. The first kappa shape index (κ1) is 11.1. The van der Waals surface area contributed by atoms with Crippen LogP contribution in [0.15, 0.2) is 12.1 Å². The van der Waals surface area contributed by atoms with Gasteiger partial charge in [0.15, 0.2) is 0 Å². The Balaban J connectivity index is 2.42. The fourth-order valence-electron chi connectivity index (χ4n) is 2.00. The Morgan fingerprint density at radius 3 is 2.80 bits per heavy atom. The quantitative estimate of drug-likeness (QED) is 0.863. The molecule has 2 rings (SSSR count). The first-order valence-electron chi connectivity index (χ1n) is 4.98. The number of benzene rings is 1. The summed E-state index contributed by atoms with van der Waals surface area (Å²) >= 11 is 12.1. The van der Waals surface area contributed by atoms with Crippen molar-refractivity contribution in [1.82, 2.24) is 5.32 Å². The molecule has 1 aliphatic heterocycles. The third-order valence-corrected chi connectivity index (χ3v) is 3.18. The van der Waals surface area contributed by atoms with Gasteiger partial charge in [-0.25, -0.2) is 0 Å². The summed E-state index contributed by atoms with van der Waals surface area (Å²) in [7, 11) is 1.63. The average Bonchev–Trinajstić information content (AvgIpc) is 2.69. The van der Waals surface area contributed by atoms with Crippen LogP contribution in [0.3, 0.4) is 0 Å². The Labute approximate surface area is 99.5 Å². The lowest BCUT2D eigenvalue weighted by atomic mass is 10.0. The van der Waals surface area contributed by atoms with E-state index in [0.29, 0.717) is 16.1 Å². The van der Waals surface area contributed by atoms with Crippen molar-refractivity contribution < 1.29 is 4.74 Å². The van der Waals surface area contributed by atoms with Crippen LogP contribution >= 0.6 is 23.2 Å². The maximum Gasteiger partial charge on any atom is 0.142 e. The molecule has 1 fully saturated rings. The van der Waals surface area contributed by atoms with E-state index in [1.165, 1.54) is 6.42 Å². The van der Waals surface area contributed by atoms with Crippen LogP contribution in [0, 0.1) is 0 Å². The molecule has 1 unspecified atom stereocenters. The fraction of sp³-hybridized carbons (Fsp3) is 0.455. The summed E-state index contributed by atoms with van der Waals surface area (Å²) in [4.78, 5) is 0. The maximum atomic E-state index is 6.08. The van der Waals surface area contributed by atoms with Gasteiger partial charge in [0.05, 0.1) is 12.1 Å². The Kier molecular flexibility index (Phi) is 3.39. The number of halogens is 2. The first-order chi connectivity index (χ1) is 7.22. The molecule has 0 aromatic heterocycles. The molecular weight excluding hydrogens is 233 g/mol. The van der Waals surface area contributed by atoms with Crippen molar-refractivity contribution >= 4 is 23.2 Å². The van der Waals surface area contributed by atoms with Crippen molar-refractivity contribution in [3.05, 3.63) is 27.7 Å². The molecule has 1 aromatic carbocycles. The van der Waals surface area contributed by atoms with Crippen LogP contribution in [0.1, 0.15) is 24.4 Å². The van der Waals surface area contributed by atoms with Crippen molar-refractivity contribution in [2.45, 2.75) is 18.9 Å². The Hall–Kier alpha value is -0.440. The summed E-state index contributed by atoms with van der Waals surface area (Å²) in [5.41, 5.74) is 1.06. The van der Waals surface area contributed by atoms with Gasteiger partial charge in [0.1, 0.15) is 5.75 Å². The molecule has 82 valence electrons. The minimum absolute atomic E-state index is 0.316. The van der Waals surface area contributed by atoms with Gasteiger partial charge in [-0.3, -0.25) is 0 Å². The van der Waals surface area contributed by atoms with Gasteiger partial charge in [-0.2, -0.15) is 0 Å². The lowest BCUT2D eigenvalue weighted by Crippen LogP contribution is -2.14. The molecule has 0 radical (unpaired) electrons. The number of hydrogen-bond donors (Lipinski definition) is 1. The number of methoxy groups -OCH3 is 1. The molecule has 0 spiro atoms. The largest absolute Gasteiger partial charge is 0.495 e. The normalized spacial score (nSPS) is 20.6. The van der Waals surface area contributed by atoms with Gasteiger partial charge in [0, 0.05) is 16.6 Å². The highest BCUT2D eigenvalue weighted by Gasteiger charge is 2.21. The second kappa shape index (κ2) is 4.60. The molecule has 0 aliphatic carbocycles. The molecule has 4 heteroatoms. The number of ether oxygens (including phenoxy) is 1. The second-order valence-electron chi connectivity index (χ2n) is 3.66. The topological polar surface area (TPSA) is 21.3 Å². The lowest BCUT2D eigenvalue weighted by molar-refractivity contribution is 0.403. The van der Waals surface area contributed by atoms with E-state index in [2.05, 4.69) is 5.32 Å². The molecule has 1 saturated heterocycles. The molecule has 1 aromatic rings. The Morgan fingerprint density at radius 2 is 2.20 bits per heavy atom. The molecule has 1 N–H and O–H groups in total. The molecule has 0 saturated carbocycles. The number of nitrogens with one attached hydrogen (secondary N) is 1. The van der Waals surface area contributed by atoms with E-state index in [4.69, 9.17) is 27.9 Å². The SMILES string of the molecule is COc1c(Cl)cc(Cl)cc1C1CCCN1. The summed E-state index contributed by atoms with van der Waals surface area (Å²) in [5.74, 6) is 0.737. The van der Waals surface area contributed by atoms with Crippen LogP contribution in [0.25, 0.3) is 0 Å². The van der Waals surface area contributed by atoms with Gasteiger partial charge < -0.3 is 10.1 Å². The second-order valence-corrected chi connectivity index (χ2v) is 4.50. The summed E-state index contributed by atoms with van der Waals surface area (Å²) < 4.78 is 5.31. The van der Waals surface area contributed by atoms with Gasteiger partial charge >= 0.3 is 0 Å². The predicted octanol–water partition coefficient (Wildman–Crippen LogP) is 3.43. The van der Waals surface area contributed by atoms with Crippen molar-refractivity contribution in [2.75, 3.05) is 13.7 Å². The van der Waals surface area contributed by atoms with Crippen molar-refractivity contribution in [1.29, 1.82) is 0 Å². The van der Waals surface area contributed by atoms with E-state index in [1.807, 2.05) is 6.07 Å². The Bertz CT molecular complexity index is 362. The van der Waals surface area contributed by atoms with E-state index in [9.17, 15) is 0 Å². The van der Waals surface area contributed by atoms with E-state index in [-0.39, 0.29) is 0 Å². The third-order valence-electron chi connectivity index (χ3n) is 2.68. The Morgan fingerprint density at radius 1 is 1.40 bits per heavy atom. The van der Waals surface area contributed by atoms with E-state index in [1.54, 1.807) is 13.2 Å². The smallest absolute Gasteiger partial charge is 0.142 e. The molecule has 0 bridgehead atoms. The zero-order valence-electron chi connectivity index (χ0n) is 8.52. The zero-order chi connectivity index (χ0) is 10.8. The molecule has 1 heterocycles. The van der Waals surface area contributed by atoms with Crippen molar-refractivity contribution in [3.8, 4) is 5.75 Å². The van der Waals surface area contributed by atoms with E-state index in [0.717, 1.165) is 24.3 Å². The maximum absolute atomic E-state index is 6.08. The minimum Gasteiger partial charge on any atom is -0.495 e. The van der Waals surface area contributed by atoms with Crippen LogP contribution in [0.5, 0.6) is 5.75 Å². The van der Waals surface area contributed by atoms with Gasteiger partial charge in [-0.05, 0) is 31.5 Å². The highest BCUT2D eigenvalue weighted by Crippen LogP contribution is 2.38. The number of rotatable bonds is 2. The minimum atomic E-state index is 0.316.